The molecule has 0 saturated carbocycles. The van der Waals surface area contributed by atoms with Crippen LogP contribution in [-0.2, 0) is 0 Å². The number of hydrogen-bond acceptors (Lipinski definition) is 2. The predicted molar refractivity (Wildman–Crippen MR) is 190 cm³/mol. The lowest BCUT2D eigenvalue weighted by atomic mass is 9.88. The molecule has 8 aromatic rings. The monoisotopic (exact) mass is 604 g/mol. The quantitative estimate of drug-likeness (QED) is 0.190. The lowest BCUT2D eigenvalue weighted by Crippen LogP contribution is -2.76. The molecule has 0 amide bonds. The van der Waals surface area contributed by atoms with E-state index in [1.54, 1.807) is 0 Å². The fraction of sp³-hybridized carbons (Fsp3) is 0.0233. The molecular formula is C43H28O2Si. The predicted octanol–water partition coefficient (Wildman–Crippen LogP) is 8.23. The summed E-state index contributed by atoms with van der Waals surface area (Å²) < 4.78 is 13.3. The Hall–Kier alpha value is -5.64. The molecule has 2 aliphatic rings. The second-order valence-corrected chi connectivity index (χ2v) is 16.1. The van der Waals surface area contributed by atoms with Gasteiger partial charge in [0, 0.05) is 22.3 Å². The van der Waals surface area contributed by atoms with Gasteiger partial charge >= 0.3 is 0 Å². The van der Waals surface area contributed by atoms with Gasteiger partial charge in [-0.2, -0.15) is 0 Å². The normalized spacial score (nSPS) is 15.5. The highest BCUT2D eigenvalue weighted by atomic mass is 28.3. The number of ether oxygens (including phenoxy) is 1. The van der Waals surface area contributed by atoms with Crippen LogP contribution in [0.25, 0.3) is 33.1 Å². The van der Waals surface area contributed by atoms with E-state index < -0.39 is 8.07 Å². The van der Waals surface area contributed by atoms with Gasteiger partial charge in [0.15, 0.2) is 8.07 Å². The Morgan fingerprint density at radius 1 is 0.478 bits per heavy atom. The van der Waals surface area contributed by atoms with E-state index in [0.29, 0.717) is 0 Å². The van der Waals surface area contributed by atoms with E-state index in [2.05, 4.69) is 152 Å². The van der Waals surface area contributed by atoms with Crippen molar-refractivity contribution >= 4 is 50.8 Å². The van der Waals surface area contributed by atoms with Gasteiger partial charge in [-0.3, -0.25) is 0 Å². The summed E-state index contributed by atoms with van der Waals surface area (Å²) in [5.41, 5.74) is 8.17. The third kappa shape index (κ3) is 3.41. The second kappa shape index (κ2) is 9.68. The number of furan rings is 1. The molecule has 0 spiro atoms. The molecule has 3 heteroatoms. The number of rotatable bonds is 3. The minimum atomic E-state index is -2.74. The molecule has 1 aromatic heterocycles. The highest BCUT2D eigenvalue weighted by Gasteiger charge is 2.49. The summed E-state index contributed by atoms with van der Waals surface area (Å²) in [4.78, 5) is 0. The summed E-state index contributed by atoms with van der Waals surface area (Å²) in [6, 6.07) is 59.6. The molecular weight excluding hydrogens is 577 g/mol. The maximum atomic E-state index is 7.09. The largest absolute Gasteiger partial charge is 0.457 e. The van der Waals surface area contributed by atoms with Crippen molar-refractivity contribution in [2.24, 2.45) is 0 Å². The van der Waals surface area contributed by atoms with Gasteiger partial charge in [-0.15, -0.1) is 0 Å². The van der Waals surface area contributed by atoms with Crippen LogP contribution in [0.2, 0.25) is 0 Å². The van der Waals surface area contributed by atoms with Crippen LogP contribution < -0.4 is 25.5 Å². The van der Waals surface area contributed by atoms with Crippen LogP contribution in [0.15, 0.2) is 168 Å². The lowest BCUT2D eigenvalue weighted by molar-refractivity contribution is 0.488. The first kappa shape index (κ1) is 25.7. The van der Waals surface area contributed by atoms with Crippen molar-refractivity contribution in [2.75, 3.05) is 0 Å². The van der Waals surface area contributed by atoms with Gasteiger partial charge in [0.1, 0.15) is 22.7 Å². The van der Waals surface area contributed by atoms with Crippen molar-refractivity contribution in [3.63, 3.8) is 0 Å². The van der Waals surface area contributed by atoms with Gasteiger partial charge in [-0.25, -0.2) is 0 Å². The maximum absolute atomic E-state index is 7.09. The molecule has 2 nitrogen and oxygen atoms in total. The van der Waals surface area contributed by atoms with E-state index in [4.69, 9.17) is 9.15 Å². The van der Waals surface area contributed by atoms with Gasteiger partial charge in [0.25, 0.3) is 0 Å². The van der Waals surface area contributed by atoms with Gasteiger partial charge in [-0.1, -0.05) is 140 Å². The summed E-state index contributed by atoms with van der Waals surface area (Å²) in [5, 5.41) is 7.62. The molecule has 0 bridgehead atoms. The molecule has 7 aromatic carbocycles. The fourth-order valence-electron chi connectivity index (χ4n) is 8.23. The number of fused-ring (bicyclic) bond motifs is 9. The Labute approximate surface area is 268 Å². The van der Waals surface area contributed by atoms with E-state index >= 15 is 0 Å². The molecule has 1 atom stereocenters. The zero-order valence-electron chi connectivity index (χ0n) is 25.0. The molecule has 0 saturated heterocycles. The average Bonchev–Trinajstić information content (AvgIpc) is 3.67. The van der Waals surface area contributed by atoms with Crippen LogP contribution in [0, 0.1) is 0 Å². The Morgan fingerprint density at radius 3 is 1.98 bits per heavy atom. The zero-order valence-corrected chi connectivity index (χ0v) is 26.0. The van der Waals surface area contributed by atoms with E-state index in [-0.39, 0.29) is 5.92 Å². The Kier molecular flexibility index (Phi) is 5.40. The standard InChI is InChI=1S/C43H28O2Si/c1-3-13-29(14-4-1)46(30-15-5-2-6-16-30)39-22-12-11-21-38(39)45-43-40(46)26-24-34-41(32-18-7-8-19-33(32)42(34)43)28-23-25-37-35(27-28)31-17-9-10-20-36(31)44-37/h1-27,41H. The Balaban J connectivity index is 1.28. The molecule has 10 rings (SSSR count). The second-order valence-electron chi connectivity index (χ2n) is 12.4. The molecule has 1 unspecified atom stereocenters. The van der Waals surface area contributed by atoms with Gasteiger partial charge < -0.3 is 9.15 Å². The molecule has 1 aliphatic heterocycles. The first-order valence-electron chi connectivity index (χ1n) is 15.9. The lowest BCUT2D eigenvalue weighted by Gasteiger charge is -2.40. The average molecular weight is 605 g/mol. The highest BCUT2D eigenvalue weighted by Crippen LogP contribution is 2.53. The van der Waals surface area contributed by atoms with E-state index in [1.165, 1.54) is 48.6 Å². The van der Waals surface area contributed by atoms with Crippen LogP contribution in [0.3, 0.4) is 0 Å². The van der Waals surface area contributed by atoms with Crippen molar-refractivity contribution in [2.45, 2.75) is 5.92 Å². The van der Waals surface area contributed by atoms with Crippen LogP contribution in [0.1, 0.15) is 22.6 Å². The van der Waals surface area contributed by atoms with E-state index in [1.807, 2.05) is 12.1 Å². The van der Waals surface area contributed by atoms with Crippen molar-refractivity contribution in [1.82, 2.24) is 0 Å². The summed E-state index contributed by atoms with van der Waals surface area (Å²) in [7, 11) is -2.74. The number of para-hydroxylation sites is 2. The third-order valence-corrected chi connectivity index (χ3v) is 14.9. The summed E-state index contributed by atoms with van der Waals surface area (Å²) in [5.74, 6) is 2.04. The maximum Gasteiger partial charge on any atom is 0.188 e. The zero-order chi connectivity index (χ0) is 30.2. The van der Waals surface area contributed by atoms with E-state index in [9.17, 15) is 0 Å². The van der Waals surface area contributed by atoms with Crippen LogP contribution in [0.4, 0.5) is 0 Å². The Bertz CT molecular complexity index is 2420. The molecule has 0 N–H and O–H groups in total. The summed E-state index contributed by atoms with van der Waals surface area (Å²) >= 11 is 0. The van der Waals surface area contributed by atoms with Crippen molar-refractivity contribution < 1.29 is 9.15 Å². The topological polar surface area (TPSA) is 22.4 Å². The van der Waals surface area contributed by atoms with E-state index in [0.717, 1.165) is 33.4 Å². The van der Waals surface area contributed by atoms with Crippen molar-refractivity contribution in [3.8, 4) is 22.6 Å². The summed E-state index contributed by atoms with van der Waals surface area (Å²) in [6.45, 7) is 0. The van der Waals surface area contributed by atoms with Crippen molar-refractivity contribution in [1.29, 1.82) is 0 Å². The number of benzene rings is 7. The minimum Gasteiger partial charge on any atom is -0.457 e. The molecule has 2 heterocycles. The fourth-order valence-corrected chi connectivity index (χ4v) is 13.2. The molecule has 46 heavy (non-hydrogen) atoms. The van der Waals surface area contributed by atoms with Gasteiger partial charge in [-0.05, 0) is 67.3 Å². The molecule has 0 fully saturated rings. The van der Waals surface area contributed by atoms with Gasteiger partial charge in [0.2, 0.25) is 0 Å². The summed E-state index contributed by atoms with van der Waals surface area (Å²) in [6.07, 6.45) is 0. The molecule has 0 radical (unpaired) electrons. The van der Waals surface area contributed by atoms with Crippen molar-refractivity contribution in [3.05, 3.63) is 180 Å². The first-order valence-corrected chi connectivity index (χ1v) is 17.9. The molecule has 1 aliphatic carbocycles. The van der Waals surface area contributed by atoms with Crippen LogP contribution in [-0.4, -0.2) is 8.07 Å². The Morgan fingerprint density at radius 2 is 1.15 bits per heavy atom. The number of hydrogen-bond donors (Lipinski definition) is 0. The SMILES string of the molecule is c1ccc([Si]2(c3ccccc3)c3ccccc3Oc3c2ccc2c3-c3ccccc3C2c2ccc3oc4ccccc4c3c2)cc1. The third-order valence-electron chi connectivity index (χ3n) is 10.1. The minimum absolute atomic E-state index is 0.0832. The van der Waals surface area contributed by atoms with Crippen LogP contribution >= 0.6 is 0 Å². The highest BCUT2D eigenvalue weighted by molar-refractivity contribution is 7.20. The van der Waals surface area contributed by atoms with Gasteiger partial charge in [0.05, 0.1) is 0 Å². The van der Waals surface area contributed by atoms with Crippen LogP contribution in [0.5, 0.6) is 11.5 Å². The molecule has 216 valence electrons. The smallest absolute Gasteiger partial charge is 0.188 e. The first-order chi connectivity index (χ1) is 22.8.